The summed E-state index contributed by atoms with van der Waals surface area (Å²) in [6.45, 7) is 3.54. The number of benzene rings is 1. The first-order chi connectivity index (χ1) is 16.0. The summed E-state index contributed by atoms with van der Waals surface area (Å²) < 4.78 is 4.17. The highest BCUT2D eigenvalue weighted by Gasteiger charge is 2.16. The van der Waals surface area contributed by atoms with E-state index < -0.39 is 0 Å². The van der Waals surface area contributed by atoms with E-state index >= 15 is 0 Å². The van der Waals surface area contributed by atoms with Crippen LogP contribution in [0.1, 0.15) is 17.1 Å². The summed E-state index contributed by atoms with van der Waals surface area (Å²) >= 11 is 0. The molecule has 5 aromatic rings. The van der Waals surface area contributed by atoms with Crippen molar-refractivity contribution in [1.82, 2.24) is 29.3 Å². The first kappa shape index (κ1) is 19.3. The van der Waals surface area contributed by atoms with Crippen LogP contribution in [0.15, 0.2) is 55.0 Å². The lowest BCUT2D eigenvalue weighted by atomic mass is 10.0. The summed E-state index contributed by atoms with van der Waals surface area (Å²) in [5.74, 6) is 2.90. The van der Waals surface area contributed by atoms with E-state index in [0.717, 1.165) is 63.6 Å². The molecule has 4 aromatic heterocycles. The van der Waals surface area contributed by atoms with E-state index in [4.69, 9.17) is 16.6 Å². The summed E-state index contributed by atoms with van der Waals surface area (Å²) in [7, 11) is 0. The molecule has 0 amide bonds. The summed E-state index contributed by atoms with van der Waals surface area (Å²) in [5.41, 5.74) is 17.0. The summed E-state index contributed by atoms with van der Waals surface area (Å²) in [6.07, 6.45) is 6.49. The molecule has 0 bridgehead atoms. The number of nitrogen functional groups attached to an aromatic ring is 2. The number of rotatable bonds is 3. The Bertz CT molecular complexity index is 1510. The largest absolute Gasteiger partial charge is 0.398 e. The SMILES string of the molecule is Cc1c(N)cccc1-c1cc2cc(Nc3cc4n(n3)Cc3nccn3CC4)ncc2c(N)n1. The van der Waals surface area contributed by atoms with Crippen LogP contribution in [0.5, 0.6) is 0 Å². The maximum absolute atomic E-state index is 6.27. The van der Waals surface area contributed by atoms with E-state index in [1.165, 1.54) is 0 Å². The number of fused-ring (bicyclic) bond motifs is 3. The fourth-order valence-electron chi connectivity index (χ4n) is 4.36. The van der Waals surface area contributed by atoms with Gasteiger partial charge >= 0.3 is 0 Å². The number of pyridine rings is 2. The zero-order chi connectivity index (χ0) is 22.5. The molecule has 5 heterocycles. The van der Waals surface area contributed by atoms with E-state index in [-0.39, 0.29) is 0 Å². The zero-order valence-electron chi connectivity index (χ0n) is 18.2. The second-order valence-corrected chi connectivity index (χ2v) is 8.29. The van der Waals surface area contributed by atoms with Crippen LogP contribution in [0.2, 0.25) is 0 Å². The van der Waals surface area contributed by atoms with Crippen LogP contribution in [0.3, 0.4) is 0 Å². The van der Waals surface area contributed by atoms with Gasteiger partial charge in [-0.1, -0.05) is 12.1 Å². The minimum absolute atomic E-state index is 0.438. The van der Waals surface area contributed by atoms with Gasteiger partial charge in [0.1, 0.15) is 17.5 Å². The molecular formula is C24H23N9. The number of nitrogens with one attached hydrogen (secondary N) is 1. The Balaban J connectivity index is 1.34. The van der Waals surface area contributed by atoms with Crippen molar-refractivity contribution in [2.45, 2.75) is 26.4 Å². The van der Waals surface area contributed by atoms with Crippen molar-refractivity contribution in [3.05, 3.63) is 72.1 Å². The van der Waals surface area contributed by atoms with Crippen LogP contribution in [-0.2, 0) is 19.5 Å². The summed E-state index contributed by atoms with van der Waals surface area (Å²) in [4.78, 5) is 13.6. The third-order valence-corrected chi connectivity index (χ3v) is 6.22. The van der Waals surface area contributed by atoms with Crippen molar-refractivity contribution in [1.29, 1.82) is 0 Å². The monoisotopic (exact) mass is 437 g/mol. The molecule has 0 saturated carbocycles. The molecule has 0 fully saturated rings. The lowest BCUT2D eigenvalue weighted by Gasteiger charge is -2.11. The van der Waals surface area contributed by atoms with E-state index in [1.54, 1.807) is 6.20 Å². The van der Waals surface area contributed by atoms with E-state index in [0.29, 0.717) is 18.2 Å². The molecule has 9 nitrogen and oxygen atoms in total. The number of hydrogen-bond acceptors (Lipinski definition) is 7. The predicted molar refractivity (Wildman–Crippen MR) is 129 cm³/mol. The molecule has 0 atom stereocenters. The Morgan fingerprint density at radius 3 is 2.88 bits per heavy atom. The molecule has 164 valence electrons. The van der Waals surface area contributed by atoms with Crippen molar-refractivity contribution in [2.24, 2.45) is 0 Å². The first-order valence-corrected chi connectivity index (χ1v) is 10.8. The van der Waals surface area contributed by atoms with Crippen molar-refractivity contribution >= 4 is 33.9 Å². The van der Waals surface area contributed by atoms with E-state index in [9.17, 15) is 0 Å². The zero-order valence-corrected chi connectivity index (χ0v) is 18.2. The second kappa shape index (κ2) is 7.33. The maximum Gasteiger partial charge on any atom is 0.153 e. The molecule has 1 aliphatic heterocycles. The predicted octanol–water partition coefficient (Wildman–Crippen LogP) is 3.51. The standard InChI is InChI=1S/C24H23N9/c1-14-17(3-2-4-19(14)25)20-9-15-10-21(28-12-18(15)24(26)29-20)30-22-11-16-5-7-32-8-6-27-23(32)13-33(16)31-22/h2-4,6,8-12H,5,7,13,25H2,1H3,(H2,26,29)(H,28,30,31). The molecule has 9 heteroatoms. The Kier molecular flexibility index (Phi) is 4.29. The van der Waals surface area contributed by atoms with Crippen LogP contribution in [0.25, 0.3) is 22.0 Å². The van der Waals surface area contributed by atoms with Crippen molar-refractivity contribution in [3.8, 4) is 11.3 Å². The van der Waals surface area contributed by atoms with Crippen LogP contribution in [0, 0.1) is 6.92 Å². The fourth-order valence-corrected chi connectivity index (χ4v) is 4.36. The number of aromatic nitrogens is 6. The third kappa shape index (κ3) is 3.34. The number of imidazole rings is 1. The van der Waals surface area contributed by atoms with Crippen molar-refractivity contribution < 1.29 is 0 Å². The van der Waals surface area contributed by atoms with Gasteiger partial charge < -0.3 is 21.4 Å². The lowest BCUT2D eigenvalue weighted by molar-refractivity contribution is 0.641. The van der Waals surface area contributed by atoms with Crippen molar-refractivity contribution in [3.63, 3.8) is 0 Å². The average Bonchev–Trinajstić information content (AvgIpc) is 3.37. The van der Waals surface area contributed by atoms with Gasteiger partial charge in [0, 0.05) is 60.0 Å². The second-order valence-electron chi connectivity index (χ2n) is 8.29. The Labute approximate surface area is 190 Å². The molecule has 6 rings (SSSR count). The highest BCUT2D eigenvalue weighted by molar-refractivity contribution is 5.95. The minimum atomic E-state index is 0.438. The van der Waals surface area contributed by atoms with Gasteiger partial charge in [-0.25, -0.2) is 15.0 Å². The highest BCUT2D eigenvalue weighted by atomic mass is 15.3. The van der Waals surface area contributed by atoms with Gasteiger partial charge in [0.25, 0.3) is 0 Å². The van der Waals surface area contributed by atoms with Crippen LogP contribution < -0.4 is 16.8 Å². The first-order valence-electron chi connectivity index (χ1n) is 10.8. The summed E-state index contributed by atoms with van der Waals surface area (Å²) in [6, 6.07) is 11.9. The smallest absolute Gasteiger partial charge is 0.153 e. The molecule has 33 heavy (non-hydrogen) atoms. The molecule has 1 aromatic carbocycles. The number of anilines is 4. The van der Waals surface area contributed by atoms with Crippen molar-refractivity contribution in [2.75, 3.05) is 16.8 Å². The number of nitrogens with zero attached hydrogens (tertiary/aromatic N) is 6. The van der Waals surface area contributed by atoms with Gasteiger partial charge in [-0.3, -0.25) is 4.68 Å². The molecular weight excluding hydrogens is 414 g/mol. The number of aryl methyl sites for hydroxylation is 2. The Morgan fingerprint density at radius 2 is 1.97 bits per heavy atom. The highest BCUT2D eigenvalue weighted by Crippen LogP contribution is 2.31. The van der Waals surface area contributed by atoms with Gasteiger partial charge in [0.15, 0.2) is 5.82 Å². The Hall–Kier alpha value is -4.40. The molecule has 0 unspecified atom stereocenters. The van der Waals surface area contributed by atoms with Gasteiger partial charge in [0.2, 0.25) is 0 Å². The van der Waals surface area contributed by atoms with E-state index in [2.05, 4.69) is 30.9 Å². The lowest BCUT2D eigenvalue weighted by Crippen LogP contribution is -2.06. The third-order valence-electron chi connectivity index (χ3n) is 6.22. The quantitative estimate of drug-likeness (QED) is 0.369. The molecule has 5 N–H and O–H groups in total. The van der Waals surface area contributed by atoms with Gasteiger partial charge in [-0.2, -0.15) is 5.10 Å². The fraction of sp³-hybridized carbons (Fsp3) is 0.167. The average molecular weight is 438 g/mol. The Morgan fingerprint density at radius 1 is 1.06 bits per heavy atom. The normalized spacial score (nSPS) is 12.9. The topological polar surface area (TPSA) is 125 Å². The van der Waals surface area contributed by atoms with Gasteiger partial charge in [-0.15, -0.1) is 0 Å². The summed E-state index contributed by atoms with van der Waals surface area (Å²) in [5, 5.41) is 9.82. The maximum atomic E-state index is 6.27. The molecule has 0 saturated heterocycles. The molecule has 0 aliphatic carbocycles. The number of hydrogen-bond donors (Lipinski definition) is 3. The molecule has 1 aliphatic rings. The van der Waals surface area contributed by atoms with Crippen LogP contribution in [-0.4, -0.2) is 29.3 Å². The molecule has 0 spiro atoms. The van der Waals surface area contributed by atoms with Gasteiger partial charge in [0.05, 0.1) is 12.2 Å². The van der Waals surface area contributed by atoms with E-state index in [1.807, 2.05) is 54.3 Å². The van der Waals surface area contributed by atoms with Crippen LogP contribution in [0.4, 0.5) is 23.1 Å². The van der Waals surface area contributed by atoms with Gasteiger partial charge in [-0.05, 0) is 36.1 Å². The number of nitrogens with two attached hydrogens (primary N) is 2. The minimum Gasteiger partial charge on any atom is -0.398 e. The van der Waals surface area contributed by atoms with Crippen LogP contribution >= 0.6 is 0 Å². The molecule has 0 radical (unpaired) electrons.